The maximum atomic E-state index is 12.6. The van der Waals surface area contributed by atoms with Crippen LogP contribution in [0.15, 0.2) is 41.1 Å². The van der Waals surface area contributed by atoms with Crippen molar-refractivity contribution in [3.63, 3.8) is 0 Å². The number of carbonyl (C=O) groups excluding carboxylic acids is 1. The van der Waals surface area contributed by atoms with Crippen LogP contribution in [-0.4, -0.2) is 43.7 Å². The van der Waals surface area contributed by atoms with Gasteiger partial charge in [-0.2, -0.15) is 11.3 Å². The molecule has 1 N–H and O–H groups in total. The first-order chi connectivity index (χ1) is 11.6. The van der Waals surface area contributed by atoms with Crippen molar-refractivity contribution in [2.45, 2.75) is 25.2 Å². The molecule has 24 heavy (non-hydrogen) atoms. The zero-order valence-corrected chi connectivity index (χ0v) is 14.9. The summed E-state index contributed by atoms with van der Waals surface area (Å²) in [6.45, 7) is 2.37. The number of para-hydroxylation sites is 2. The Labute approximate surface area is 146 Å². The van der Waals surface area contributed by atoms with Crippen LogP contribution in [0.3, 0.4) is 0 Å². The van der Waals surface area contributed by atoms with Gasteiger partial charge in [-0.05, 0) is 55.5 Å². The highest BCUT2D eigenvalue weighted by atomic mass is 32.1. The van der Waals surface area contributed by atoms with Crippen molar-refractivity contribution in [3.8, 4) is 11.5 Å². The van der Waals surface area contributed by atoms with Crippen LogP contribution in [0.1, 0.15) is 18.5 Å². The SMILES string of the molecule is C[C@@H]1Oc2ccccc2O[C@@H]1C(=O)NC[C@@H](c1ccsc1)N(C)C. The molecular formula is C18H22N2O3S. The molecule has 1 aromatic heterocycles. The van der Waals surface area contributed by atoms with E-state index in [-0.39, 0.29) is 18.1 Å². The van der Waals surface area contributed by atoms with E-state index >= 15 is 0 Å². The van der Waals surface area contributed by atoms with Gasteiger partial charge in [-0.1, -0.05) is 12.1 Å². The third kappa shape index (κ3) is 3.55. The second kappa shape index (κ2) is 7.23. The molecule has 0 fully saturated rings. The molecule has 3 rings (SSSR count). The van der Waals surface area contributed by atoms with E-state index in [1.165, 1.54) is 5.56 Å². The Hall–Kier alpha value is -2.05. The molecule has 1 aliphatic heterocycles. The van der Waals surface area contributed by atoms with Gasteiger partial charge < -0.3 is 19.7 Å². The quantitative estimate of drug-likeness (QED) is 0.904. The number of thiophene rings is 1. The number of carbonyl (C=O) groups is 1. The molecule has 1 aliphatic rings. The van der Waals surface area contributed by atoms with Crippen molar-refractivity contribution in [2.75, 3.05) is 20.6 Å². The van der Waals surface area contributed by atoms with Gasteiger partial charge in [0.25, 0.3) is 5.91 Å². The molecule has 5 nitrogen and oxygen atoms in total. The molecule has 0 spiro atoms. The number of benzene rings is 1. The lowest BCUT2D eigenvalue weighted by Gasteiger charge is -2.32. The average molecular weight is 346 g/mol. The van der Waals surface area contributed by atoms with Crippen LogP contribution in [0, 0.1) is 0 Å². The lowest BCUT2D eigenvalue weighted by Crippen LogP contribution is -2.50. The van der Waals surface area contributed by atoms with E-state index in [9.17, 15) is 4.79 Å². The summed E-state index contributed by atoms with van der Waals surface area (Å²) in [5.41, 5.74) is 1.20. The van der Waals surface area contributed by atoms with Crippen molar-refractivity contribution in [2.24, 2.45) is 0 Å². The molecular weight excluding hydrogens is 324 g/mol. The predicted octanol–water partition coefficient (Wildman–Crippen LogP) is 2.70. The molecule has 0 saturated heterocycles. The van der Waals surface area contributed by atoms with Gasteiger partial charge in [-0.15, -0.1) is 0 Å². The summed E-state index contributed by atoms with van der Waals surface area (Å²) < 4.78 is 11.6. The molecule has 6 heteroatoms. The summed E-state index contributed by atoms with van der Waals surface area (Å²) in [6.07, 6.45) is -0.982. The maximum Gasteiger partial charge on any atom is 0.265 e. The van der Waals surface area contributed by atoms with Crippen LogP contribution in [0.2, 0.25) is 0 Å². The van der Waals surface area contributed by atoms with Crippen LogP contribution in [0.5, 0.6) is 11.5 Å². The largest absolute Gasteiger partial charge is 0.482 e. The van der Waals surface area contributed by atoms with Crippen LogP contribution >= 0.6 is 11.3 Å². The first-order valence-electron chi connectivity index (χ1n) is 7.95. The van der Waals surface area contributed by atoms with Crippen LogP contribution in [0.25, 0.3) is 0 Å². The van der Waals surface area contributed by atoms with Crippen molar-refractivity contribution in [1.82, 2.24) is 10.2 Å². The Morgan fingerprint density at radius 2 is 1.96 bits per heavy atom. The van der Waals surface area contributed by atoms with Gasteiger partial charge in [-0.25, -0.2) is 0 Å². The number of fused-ring (bicyclic) bond motifs is 1. The Balaban J connectivity index is 1.64. The van der Waals surface area contributed by atoms with Gasteiger partial charge in [0, 0.05) is 6.54 Å². The highest BCUT2D eigenvalue weighted by molar-refractivity contribution is 7.07. The Kier molecular flexibility index (Phi) is 5.06. The topological polar surface area (TPSA) is 50.8 Å². The summed E-state index contributed by atoms with van der Waals surface area (Å²) in [5.74, 6) is 1.13. The maximum absolute atomic E-state index is 12.6. The summed E-state index contributed by atoms with van der Waals surface area (Å²) in [7, 11) is 4.02. The van der Waals surface area contributed by atoms with Gasteiger partial charge in [-0.3, -0.25) is 4.79 Å². The molecule has 0 saturated carbocycles. The zero-order chi connectivity index (χ0) is 17.1. The molecule has 3 atom stereocenters. The van der Waals surface area contributed by atoms with Crippen molar-refractivity contribution >= 4 is 17.2 Å². The monoisotopic (exact) mass is 346 g/mol. The Morgan fingerprint density at radius 1 is 1.25 bits per heavy atom. The molecule has 2 aromatic rings. The van der Waals surface area contributed by atoms with Crippen molar-refractivity contribution < 1.29 is 14.3 Å². The summed E-state index contributed by atoms with van der Waals surface area (Å²) in [6, 6.07) is 9.63. The van der Waals surface area contributed by atoms with Crippen LogP contribution in [-0.2, 0) is 4.79 Å². The van der Waals surface area contributed by atoms with Gasteiger partial charge in [0.05, 0.1) is 6.04 Å². The van der Waals surface area contributed by atoms with Gasteiger partial charge in [0.2, 0.25) is 6.10 Å². The Morgan fingerprint density at radius 3 is 2.58 bits per heavy atom. The van der Waals surface area contributed by atoms with E-state index in [4.69, 9.17) is 9.47 Å². The first kappa shape index (κ1) is 16.8. The van der Waals surface area contributed by atoms with Gasteiger partial charge in [0.1, 0.15) is 6.10 Å². The average Bonchev–Trinajstić information content (AvgIpc) is 3.08. The van der Waals surface area contributed by atoms with E-state index < -0.39 is 6.10 Å². The van der Waals surface area contributed by atoms with E-state index in [0.29, 0.717) is 18.0 Å². The minimum Gasteiger partial charge on any atom is -0.482 e. The van der Waals surface area contributed by atoms with Crippen molar-refractivity contribution in [3.05, 3.63) is 46.7 Å². The molecule has 0 aliphatic carbocycles. The molecule has 0 radical (unpaired) electrons. The fourth-order valence-corrected chi connectivity index (χ4v) is 3.47. The first-order valence-corrected chi connectivity index (χ1v) is 8.89. The van der Waals surface area contributed by atoms with Crippen molar-refractivity contribution in [1.29, 1.82) is 0 Å². The number of rotatable bonds is 5. The molecule has 0 unspecified atom stereocenters. The van der Waals surface area contributed by atoms with Gasteiger partial charge >= 0.3 is 0 Å². The molecule has 128 valence electrons. The van der Waals surface area contributed by atoms with E-state index in [2.05, 4.69) is 21.7 Å². The second-order valence-corrected chi connectivity index (χ2v) is 6.87. The smallest absolute Gasteiger partial charge is 0.265 e. The molecule has 1 aromatic carbocycles. The number of nitrogens with zero attached hydrogens (tertiary/aromatic N) is 1. The molecule has 0 bridgehead atoms. The second-order valence-electron chi connectivity index (χ2n) is 6.09. The lowest BCUT2D eigenvalue weighted by molar-refractivity contribution is -0.133. The summed E-state index contributed by atoms with van der Waals surface area (Å²) >= 11 is 1.66. The van der Waals surface area contributed by atoms with Crippen LogP contribution < -0.4 is 14.8 Å². The fourth-order valence-electron chi connectivity index (χ4n) is 2.77. The van der Waals surface area contributed by atoms with E-state index in [1.807, 2.05) is 50.7 Å². The number of likely N-dealkylation sites (N-methyl/N-ethyl adjacent to an activating group) is 1. The fraction of sp³-hybridized carbons (Fsp3) is 0.389. The highest BCUT2D eigenvalue weighted by Crippen LogP contribution is 2.33. The predicted molar refractivity (Wildman–Crippen MR) is 94.7 cm³/mol. The van der Waals surface area contributed by atoms with E-state index in [0.717, 1.165) is 0 Å². The number of hydrogen-bond donors (Lipinski definition) is 1. The van der Waals surface area contributed by atoms with Gasteiger partial charge in [0.15, 0.2) is 11.5 Å². The number of nitrogens with one attached hydrogen (secondary N) is 1. The third-order valence-corrected chi connectivity index (χ3v) is 4.82. The van der Waals surface area contributed by atoms with Crippen LogP contribution in [0.4, 0.5) is 0 Å². The standard InChI is InChI=1S/C18H22N2O3S/c1-12-17(23-16-7-5-4-6-15(16)22-12)18(21)19-10-14(20(2)3)13-8-9-24-11-13/h4-9,11-12,14,17H,10H2,1-3H3,(H,19,21)/t12-,14-,17-/m0/s1. The molecule has 2 heterocycles. The number of ether oxygens (including phenoxy) is 2. The highest BCUT2D eigenvalue weighted by Gasteiger charge is 2.34. The Bertz CT molecular complexity index is 687. The number of amides is 1. The lowest BCUT2D eigenvalue weighted by atomic mass is 10.1. The molecule has 1 amide bonds. The number of hydrogen-bond acceptors (Lipinski definition) is 5. The summed E-state index contributed by atoms with van der Waals surface area (Å²) in [4.78, 5) is 14.7. The minimum absolute atomic E-state index is 0.132. The zero-order valence-electron chi connectivity index (χ0n) is 14.1. The normalized spacial score (nSPS) is 20.7. The minimum atomic E-state index is -0.648. The summed E-state index contributed by atoms with van der Waals surface area (Å²) in [5, 5.41) is 7.16. The van der Waals surface area contributed by atoms with E-state index in [1.54, 1.807) is 11.3 Å². The third-order valence-electron chi connectivity index (χ3n) is 4.12.